The van der Waals surface area contributed by atoms with Gasteiger partial charge in [-0.3, -0.25) is 4.79 Å². The Hall–Kier alpha value is -0.310. The Morgan fingerprint density at radius 3 is 2.82 bits per heavy atom. The Morgan fingerprint density at radius 2 is 2.14 bits per heavy atom. The molecule has 3 fully saturated rings. The third-order valence-corrected chi connectivity index (χ3v) is 6.81. The minimum absolute atomic E-state index is 0.154. The SMILES string of the molecule is CS(=O)(=O)NC[C@]12COC[C@H]1CN(C(=O)C1CCSCC1)C2. The predicted octanol–water partition coefficient (Wildman–Crippen LogP) is 0.154. The highest BCUT2D eigenvalue weighted by Crippen LogP contribution is 2.42. The Labute approximate surface area is 136 Å². The molecule has 0 bridgehead atoms. The topological polar surface area (TPSA) is 75.7 Å². The number of nitrogens with one attached hydrogen (secondary N) is 1. The van der Waals surface area contributed by atoms with Crippen molar-refractivity contribution in [3.63, 3.8) is 0 Å². The number of nitrogens with zero attached hydrogens (tertiary/aromatic N) is 1. The van der Waals surface area contributed by atoms with Crippen LogP contribution in [0.25, 0.3) is 0 Å². The van der Waals surface area contributed by atoms with Crippen LogP contribution in [0.2, 0.25) is 0 Å². The van der Waals surface area contributed by atoms with Crippen LogP contribution in [-0.2, 0) is 19.6 Å². The lowest BCUT2D eigenvalue weighted by Crippen LogP contribution is -2.44. The van der Waals surface area contributed by atoms with Gasteiger partial charge in [0.15, 0.2) is 0 Å². The maximum absolute atomic E-state index is 12.7. The van der Waals surface area contributed by atoms with E-state index in [4.69, 9.17) is 4.74 Å². The van der Waals surface area contributed by atoms with Crippen LogP contribution in [0.4, 0.5) is 0 Å². The molecule has 3 aliphatic rings. The molecular weight excluding hydrogens is 324 g/mol. The summed E-state index contributed by atoms with van der Waals surface area (Å²) in [7, 11) is -3.23. The smallest absolute Gasteiger partial charge is 0.225 e. The number of carbonyl (C=O) groups is 1. The molecule has 0 aromatic rings. The summed E-state index contributed by atoms with van der Waals surface area (Å²) >= 11 is 1.92. The second-order valence-corrected chi connectivity index (χ2v) is 9.83. The molecule has 0 aromatic carbocycles. The summed E-state index contributed by atoms with van der Waals surface area (Å²) in [6.45, 7) is 2.83. The summed E-state index contributed by atoms with van der Waals surface area (Å²) in [5.74, 6) is 2.78. The molecule has 3 heterocycles. The maximum atomic E-state index is 12.7. The van der Waals surface area contributed by atoms with Crippen molar-refractivity contribution in [3.8, 4) is 0 Å². The minimum atomic E-state index is -3.23. The van der Waals surface area contributed by atoms with E-state index in [9.17, 15) is 13.2 Å². The van der Waals surface area contributed by atoms with Gasteiger partial charge in [-0.1, -0.05) is 0 Å². The second-order valence-electron chi connectivity index (χ2n) is 6.77. The van der Waals surface area contributed by atoms with Crippen molar-refractivity contribution in [1.29, 1.82) is 0 Å². The van der Waals surface area contributed by atoms with Crippen LogP contribution in [0.1, 0.15) is 12.8 Å². The third kappa shape index (κ3) is 3.44. The van der Waals surface area contributed by atoms with E-state index in [2.05, 4.69) is 4.72 Å². The Bertz CT molecular complexity index is 533. The first kappa shape index (κ1) is 16.5. The summed E-state index contributed by atoms with van der Waals surface area (Å²) in [5, 5.41) is 0. The van der Waals surface area contributed by atoms with Crippen LogP contribution in [0, 0.1) is 17.3 Å². The highest BCUT2D eigenvalue weighted by molar-refractivity contribution is 7.99. The van der Waals surface area contributed by atoms with E-state index in [1.807, 2.05) is 16.7 Å². The zero-order valence-corrected chi connectivity index (χ0v) is 14.5. The third-order valence-electron chi connectivity index (χ3n) is 5.09. The van der Waals surface area contributed by atoms with E-state index in [0.717, 1.165) is 24.3 Å². The average Bonchev–Trinajstić information content (AvgIpc) is 3.02. The average molecular weight is 348 g/mol. The predicted molar refractivity (Wildman–Crippen MR) is 86.2 cm³/mol. The highest BCUT2D eigenvalue weighted by Gasteiger charge is 2.52. The molecule has 1 amide bonds. The van der Waals surface area contributed by atoms with E-state index in [1.54, 1.807) is 0 Å². The molecule has 0 aromatic heterocycles. The van der Waals surface area contributed by atoms with Crippen LogP contribution < -0.4 is 4.72 Å². The Kier molecular flexibility index (Phi) is 4.74. The first-order valence-corrected chi connectivity index (χ1v) is 10.8. The molecule has 0 spiro atoms. The molecule has 0 aliphatic carbocycles. The molecule has 3 rings (SSSR count). The van der Waals surface area contributed by atoms with E-state index in [-0.39, 0.29) is 23.2 Å². The van der Waals surface area contributed by atoms with Gasteiger partial charge in [-0.2, -0.15) is 11.8 Å². The Morgan fingerprint density at radius 1 is 1.41 bits per heavy atom. The molecule has 0 unspecified atom stereocenters. The van der Waals surface area contributed by atoms with Gasteiger partial charge in [0.25, 0.3) is 0 Å². The first-order valence-electron chi connectivity index (χ1n) is 7.79. The van der Waals surface area contributed by atoms with Gasteiger partial charge in [0.05, 0.1) is 19.5 Å². The zero-order valence-electron chi connectivity index (χ0n) is 12.9. The zero-order chi connectivity index (χ0) is 15.8. The van der Waals surface area contributed by atoms with E-state index in [0.29, 0.717) is 32.8 Å². The quantitative estimate of drug-likeness (QED) is 0.783. The minimum Gasteiger partial charge on any atom is -0.380 e. The van der Waals surface area contributed by atoms with Gasteiger partial charge in [-0.05, 0) is 24.3 Å². The highest BCUT2D eigenvalue weighted by atomic mass is 32.2. The van der Waals surface area contributed by atoms with E-state index in [1.165, 1.54) is 6.26 Å². The van der Waals surface area contributed by atoms with Crippen LogP contribution in [0.5, 0.6) is 0 Å². The first-order chi connectivity index (χ1) is 10.4. The number of sulfonamides is 1. The summed E-state index contributed by atoms with van der Waals surface area (Å²) in [4.78, 5) is 14.7. The number of rotatable bonds is 4. The van der Waals surface area contributed by atoms with Crippen molar-refractivity contribution >= 4 is 27.7 Å². The summed E-state index contributed by atoms with van der Waals surface area (Å²) in [6.07, 6.45) is 3.11. The fourth-order valence-corrected chi connectivity index (χ4v) is 5.38. The van der Waals surface area contributed by atoms with Crippen LogP contribution in [0.15, 0.2) is 0 Å². The maximum Gasteiger partial charge on any atom is 0.225 e. The summed E-state index contributed by atoms with van der Waals surface area (Å²) in [6, 6.07) is 0. The molecule has 1 N–H and O–H groups in total. The molecule has 22 heavy (non-hydrogen) atoms. The van der Waals surface area contributed by atoms with Gasteiger partial charge in [0.1, 0.15) is 0 Å². The van der Waals surface area contributed by atoms with Crippen molar-refractivity contribution in [3.05, 3.63) is 0 Å². The van der Waals surface area contributed by atoms with Crippen molar-refractivity contribution < 1.29 is 17.9 Å². The lowest BCUT2D eigenvalue weighted by atomic mass is 9.81. The molecule has 2 atom stereocenters. The molecule has 0 radical (unpaired) electrons. The van der Waals surface area contributed by atoms with Gasteiger partial charge in [-0.15, -0.1) is 0 Å². The van der Waals surface area contributed by atoms with Gasteiger partial charge in [0.2, 0.25) is 15.9 Å². The Balaban J connectivity index is 1.66. The lowest BCUT2D eigenvalue weighted by Gasteiger charge is -2.29. The fraction of sp³-hybridized carbons (Fsp3) is 0.929. The largest absolute Gasteiger partial charge is 0.380 e. The van der Waals surface area contributed by atoms with E-state index >= 15 is 0 Å². The van der Waals surface area contributed by atoms with Crippen LogP contribution in [0.3, 0.4) is 0 Å². The van der Waals surface area contributed by atoms with E-state index < -0.39 is 10.0 Å². The number of hydrogen-bond acceptors (Lipinski definition) is 5. The molecule has 126 valence electrons. The number of thioether (sulfide) groups is 1. The standard InChI is InChI=1S/C14H24N2O4S2/c1-22(18,19)15-8-14-9-16(6-12(14)7-20-10-14)13(17)11-2-4-21-5-3-11/h11-12,15H,2-10H2,1H3/t12-,14+/m1/s1. The number of hydrogen-bond donors (Lipinski definition) is 1. The number of carbonyl (C=O) groups excluding carboxylic acids is 1. The summed E-state index contributed by atoms with van der Waals surface area (Å²) < 4.78 is 31.0. The number of likely N-dealkylation sites (tertiary alicyclic amines) is 1. The van der Waals surface area contributed by atoms with Gasteiger partial charge in [0, 0.05) is 36.9 Å². The van der Waals surface area contributed by atoms with Gasteiger partial charge >= 0.3 is 0 Å². The monoisotopic (exact) mass is 348 g/mol. The molecule has 0 saturated carbocycles. The number of fused-ring (bicyclic) bond motifs is 1. The lowest BCUT2D eigenvalue weighted by molar-refractivity contribution is -0.135. The van der Waals surface area contributed by atoms with Gasteiger partial charge in [-0.25, -0.2) is 13.1 Å². The molecule has 8 heteroatoms. The molecule has 3 aliphatic heterocycles. The van der Waals surface area contributed by atoms with Crippen molar-refractivity contribution in [2.45, 2.75) is 12.8 Å². The molecular formula is C14H24N2O4S2. The number of ether oxygens (including phenoxy) is 1. The van der Waals surface area contributed by atoms with Crippen LogP contribution >= 0.6 is 11.8 Å². The molecule has 3 saturated heterocycles. The fourth-order valence-electron chi connectivity index (χ4n) is 3.73. The van der Waals surface area contributed by atoms with Crippen molar-refractivity contribution in [1.82, 2.24) is 9.62 Å². The van der Waals surface area contributed by atoms with Crippen molar-refractivity contribution in [2.24, 2.45) is 17.3 Å². The molecule has 6 nitrogen and oxygen atoms in total. The normalized spacial score (nSPS) is 33.1. The number of amides is 1. The van der Waals surface area contributed by atoms with Gasteiger partial charge < -0.3 is 9.64 Å². The van der Waals surface area contributed by atoms with Crippen LogP contribution in [-0.4, -0.2) is 69.8 Å². The summed E-state index contributed by atoms with van der Waals surface area (Å²) in [5.41, 5.74) is -0.248. The second kappa shape index (κ2) is 6.30. The van der Waals surface area contributed by atoms with Crippen molar-refractivity contribution in [2.75, 3.05) is 50.6 Å².